The van der Waals surface area contributed by atoms with Crippen molar-refractivity contribution in [2.24, 2.45) is 0 Å². The number of anilines is 2. The highest BCUT2D eigenvalue weighted by atomic mass is 16.5. The zero-order valence-electron chi connectivity index (χ0n) is 29.4. The first-order chi connectivity index (χ1) is 25.7. The van der Waals surface area contributed by atoms with Crippen LogP contribution in [0.15, 0.2) is 54.7 Å². The van der Waals surface area contributed by atoms with Crippen LogP contribution in [0.3, 0.4) is 0 Å². The smallest absolute Gasteiger partial charge is 0.264 e. The number of nitrogens with zero attached hydrogens (tertiary/aromatic N) is 5. The number of H-pyrrole nitrogens is 1. The molecule has 3 aromatic heterocycles. The number of carbonyl (C=O) groups excluding carboxylic acids is 5. The summed E-state index contributed by atoms with van der Waals surface area (Å²) < 4.78 is 7.71. The Morgan fingerprint density at radius 2 is 1.89 bits per heavy atom. The molecule has 2 atom stereocenters. The largest absolute Gasteiger partial charge is 0.382 e. The number of amides is 5. The van der Waals surface area contributed by atoms with Crippen LogP contribution in [0.5, 0.6) is 0 Å². The minimum absolute atomic E-state index is 0.0553. The summed E-state index contributed by atoms with van der Waals surface area (Å²) in [4.78, 5) is 75.1. The van der Waals surface area contributed by atoms with Crippen molar-refractivity contribution in [2.45, 2.75) is 51.2 Å². The number of carbonyl (C=O) groups is 5. The fraction of sp³-hybridized carbons (Fsp3) is 0.342. The molecule has 2 fully saturated rings. The van der Waals surface area contributed by atoms with Gasteiger partial charge in [0, 0.05) is 59.0 Å². The first kappa shape index (κ1) is 34.2. The highest BCUT2D eigenvalue weighted by Crippen LogP contribution is 2.33. The van der Waals surface area contributed by atoms with Crippen LogP contribution in [0.2, 0.25) is 0 Å². The van der Waals surface area contributed by atoms with Crippen molar-refractivity contribution in [2.75, 3.05) is 44.0 Å². The zero-order chi connectivity index (χ0) is 36.8. The summed E-state index contributed by atoms with van der Waals surface area (Å²) in [5.74, 6) is -2.02. The third kappa shape index (κ3) is 6.42. The molecule has 4 N–H and O–H groups in total. The number of likely N-dealkylation sites (tertiary alicyclic amines) is 1. The van der Waals surface area contributed by atoms with Gasteiger partial charge in [0.15, 0.2) is 0 Å². The number of pyridine rings is 1. The fourth-order valence-corrected chi connectivity index (χ4v) is 7.61. The Bertz CT molecular complexity index is 2310. The third-order valence-corrected chi connectivity index (χ3v) is 10.3. The minimum atomic E-state index is -1.03. The average molecular weight is 718 g/mol. The van der Waals surface area contributed by atoms with Crippen LogP contribution in [-0.4, -0.2) is 98.5 Å². The molecule has 0 saturated carbocycles. The SMILES string of the molecule is Cc1nn(CCOCCNc2cccc3c2C(=O)N(C2CCC(=O)NC2=O)C3=O)c2cc(C(=O)Nc3cc4[nH]c([C@H]5CCCN5C)cc4cn3)ccc12. The van der Waals surface area contributed by atoms with Crippen molar-refractivity contribution in [1.82, 2.24) is 34.9 Å². The molecule has 6 heterocycles. The first-order valence-electron chi connectivity index (χ1n) is 17.8. The lowest BCUT2D eigenvalue weighted by molar-refractivity contribution is -0.136. The predicted molar refractivity (Wildman–Crippen MR) is 196 cm³/mol. The summed E-state index contributed by atoms with van der Waals surface area (Å²) in [5.41, 5.74) is 5.07. The Morgan fingerprint density at radius 3 is 2.70 bits per heavy atom. The molecule has 0 spiro atoms. The first-order valence-corrected chi connectivity index (χ1v) is 17.8. The lowest BCUT2D eigenvalue weighted by atomic mass is 10.0. The molecule has 5 aromatic rings. The van der Waals surface area contributed by atoms with Crippen molar-refractivity contribution in [1.29, 1.82) is 0 Å². The number of ether oxygens (including phenoxy) is 1. The summed E-state index contributed by atoms with van der Waals surface area (Å²) in [6.07, 6.45) is 4.21. The van der Waals surface area contributed by atoms with Gasteiger partial charge >= 0.3 is 0 Å². The number of nitrogens with one attached hydrogen (secondary N) is 4. The minimum Gasteiger partial charge on any atom is -0.382 e. The van der Waals surface area contributed by atoms with Crippen molar-refractivity contribution in [3.8, 4) is 0 Å². The molecule has 15 heteroatoms. The molecule has 0 aliphatic carbocycles. The van der Waals surface area contributed by atoms with Crippen LogP contribution in [-0.2, 0) is 20.9 Å². The van der Waals surface area contributed by atoms with Gasteiger partial charge in [-0.05, 0) is 70.1 Å². The van der Waals surface area contributed by atoms with E-state index < -0.39 is 29.7 Å². The van der Waals surface area contributed by atoms with Gasteiger partial charge in [0.05, 0.1) is 47.6 Å². The van der Waals surface area contributed by atoms with Gasteiger partial charge in [-0.2, -0.15) is 5.10 Å². The van der Waals surface area contributed by atoms with Crippen LogP contribution in [0.25, 0.3) is 21.8 Å². The highest BCUT2D eigenvalue weighted by Gasteiger charge is 2.45. The number of benzene rings is 2. The number of aromatic nitrogens is 4. The van der Waals surface area contributed by atoms with E-state index in [9.17, 15) is 24.0 Å². The topological polar surface area (TPSA) is 184 Å². The lowest BCUT2D eigenvalue weighted by Gasteiger charge is -2.27. The monoisotopic (exact) mass is 717 g/mol. The number of hydrogen-bond acceptors (Lipinski definition) is 10. The molecule has 8 rings (SSSR count). The Kier molecular flexibility index (Phi) is 8.96. The predicted octanol–water partition coefficient (Wildman–Crippen LogP) is 3.77. The van der Waals surface area contributed by atoms with E-state index in [0.717, 1.165) is 51.1 Å². The van der Waals surface area contributed by atoms with Gasteiger partial charge in [-0.3, -0.25) is 43.8 Å². The fourth-order valence-electron chi connectivity index (χ4n) is 7.61. The number of rotatable bonds is 11. The third-order valence-electron chi connectivity index (χ3n) is 10.3. The van der Waals surface area contributed by atoms with Gasteiger partial charge in [-0.25, -0.2) is 4.98 Å². The van der Waals surface area contributed by atoms with Crippen molar-refractivity contribution in [3.05, 3.63) is 82.8 Å². The average Bonchev–Trinajstić information content (AvgIpc) is 3.90. The van der Waals surface area contributed by atoms with E-state index in [2.05, 4.69) is 49.0 Å². The summed E-state index contributed by atoms with van der Waals surface area (Å²) in [5, 5.41) is 14.9. The van der Waals surface area contributed by atoms with Crippen LogP contribution < -0.4 is 16.0 Å². The maximum atomic E-state index is 13.4. The van der Waals surface area contributed by atoms with Gasteiger partial charge in [0.25, 0.3) is 17.7 Å². The van der Waals surface area contributed by atoms with Crippen LogP contribution >= 0.6 is 0 Å². The second-order valence-electron chi connectivity index (χ2n) is 13.7. The molecule has 1 unspecified atom stereocenters. The van der Waals surface area contributed by atoms with Crippen molar-refractivity contribution >= 4 is 62.8 Å². The van der Waals surface area contributed by atoms with Gasteiger partial charge < -0.3 is 20.4 Å². The molecule has 3 aliphatic heterocycles. The Hall–Kier alpha value is -5.93. The summed E-state index contributed by atoms with van der Waals surface area (Å²) >= 11 is 0. The zero-order valence-corrected chi connectivity index (χ0v) is 29.4. The van der Waals surface area contributed by atoms with E-state index in [1.54, 1.807) is 30.5 Å². The molecule has 0 bridgehead atoms. The summed E-state index contributed by atoms with van der Waals surface area (Å²) in [6, 6.07) is 13.7. The number of hydrogen-bond donors (Lipinski definition) is 4. The molecular formula is C38H39N9O6. The van der Waals surface area contributed by atoms with E-state index in [1.165, 1.54) is 6.42 Å². The van der Waals surface area contributed by atoms with E-state index in [1.807, 2.05) is 29.8 Å². The molecule has 15 nitrogen and oxygen atoms in total. The molecule has 2 saturated heterocycles. The van der Waals surface area contributed by atoms with E-state index in [0.29, 0.717) is 49.4 Å². The second kappa shape index (κ2) is 13.9. The maximum Gasteiger partial charge on any atom is 0.264 e. The number of aryl methyl sites for hydroxylation is 1. The number of aromatic amines is 1. The van der Waals surface area contributed by atoms with E-state index in [-0.39, 0.29) is 29.9 Å². The standard InChI is InChI=1S/C38H39N9O6/c1-21-24-9-8-22(35(49)42-32-19-27-23(20-40-32)17-28(41-27)29-7-4-13-45(29)2)18-31(24)46(44-21)14-16-53-15-12-39-26-6-3-5-25-34(26)38(52)47(37(25)51)30-10-11-33(48)43-36(30)50/h3,5-6,8-9,17-20,29-30,39,41H,4,7,10-16H2,1-2H3,(H,40,42,49)(H,43,48,50)/t29-,30?/m1/s1. The van der Waals surface area contributed by atoms with Gasteiger partial charge in [0.1, 0.15) is 11.9 Å². The van der Waals surface area contributed by atoms with Gasteiger partial charge in [0.2, 0.25) is 11.8 Å². The van der Waals surface area contributed by atoms with Crippen LogP contribution in [0, 0.1) is 6.92 Å². The van der Waals surface area contributed by atoms with E-state index in [4.69, 9.17) is 4.74 Å². The maximum absolute atomic E-state index is 13.4. The van der Waals surface area contributed by atoms with Crippen molar-refractivity contribution < 1.29 is 28.7 Å². The molecule has 2 aromatic carbocycles. The lowest BCUT2D eigenvalue weighted by Crippen LogP contribution is -2.54. The Balaban J connectivity index is 0.868. The summed E-state index contributed by atoms with van der Waals surface area (Å²) in [7, 11) is 2.14. The molecule has 3 aliphatic rings. The summed E-state index contributed by atoms with van der Waals surface area (Å²) in [6.45, 7) is 4.41. The van der Waals surface area contributed by atoms with Crippen molar-refractivity contribution in [3.63, 3.8) is 0 Å². The number of fused-ring (bicyclic) bond motifs is 3. The van der Waals surface area contributed by atoms with Crippen LogP contribution in [0.1, 0.15) is 74.2 Å². The molecule has 272 valence electrons. The number of piperidine rings is 1. The Labute approximate surface area is 304 Å². The molecule has 5 amide bonds. The van der Waals surface area contributed by atoms with E-state index >= 15 is 0 Å². The Morgan fingerprint density at radius 1 is 1.02 bits per heavy atom. The normalized spacial score (nSPS) is 19.0. The quantitative estimate of drug-likeness (QED) is 0.116. The molecular weight excluding hydrogens is 678 g/mol. The van der Waals surface area contributed by atoms with Gasteiger partial charge in [-0.15, -0.1) is 0 Å². The van der Waals surface area contributed by atoms with Gasteiger partial charge in [-0.1, -0.05) is 12.1 Å². The van der Waals surface area contributed by atoms with Crippen LogP contribution in [0.4, 0.5) is 11.5 Å². The second-order valence-corrected chi connectivity index (χ2v) is 13.7. The molecule has 0 radical (unpaired) electrons. The molecule has 53 heavy (non-hydrogen) atoms. The number of imide groups is 2. The highest BCUT2D eigenvalue weighted by molar-refractivity contribution is 6.25.